The SMILES string of the molecule is CCOC(C)=O.Nc1cccc(O[S](=O)(=O)[AlH2])c1. The summed E-state index contributed by atoms with van der Waals surface area (Å²) in [5, 5.41) is 0. The first kappa shape index (κ1) is 16.8. The summed E-state index contributed by atoms with van der Waals surface area (Å²) in [6.07, 6.45) is 0. The number of carbonyl (C=O) groups excluding carboxylic acids is 1. The van der Waals surface area contributed by atoms with Gasteiger partial charge in [0.2, 0.25) is 0 Å². The molecule has 0 heterocycles. The maximum absolute atomic E-state index is 10.7. The van der Waals surface area contributed by atoms with Crippen LogP contribution in [0.1, 0.15) is 13.8 Å². The minimum absolute atomic E-state index is 0.0300. The monoisotopic (exact) mass is 289 g/mol. The number of hydrogen-bond donors (Lipinski definition) is 1. The van der Waals surface area contributed by atoms with Crippen molar-refractivity contribution in [3.05, 3.63) is 24.3 Å². The minimum Gasteiger partial charge on any atom is -0.466 e. The highest BCUT2D eigenvalue weighted by Gasteiger charge is 2.02. The van der Waals surface area contributed by atoms with E-state index in [-0.39, 0.29) is 26.9 Å². The Morgan fingerprint density at radius 2 is 2.06 bits per heavy atom. The fourth-order valence-corrected chi connectivity index (χ4v) is 1.98. The number of nitrogen functional groups attached to an aromatic ring is 1. The molecule has 0 atom stereocenters. The van der Waals surface area contributed by atoms with Gasteiger partial charge in [-0.2, -0.15) is 0 Å². The van der Waals surface area contributed by atoms with Crippen LogP contribution in [0.4, 0.5) is 5.69 Å². The molecule has 100 valence electrons. The second-order valence-electron chi connectivity index (χ2n) is 3.28. The van der Waals surface area contributed by atoms with Crippen molar-refractivity contribution in [2.75, 3.05) is 12.3 Å². The highest BCUT2D eigenvalue weighted by molar-refractivity contribution is 8.08. The fourth-order valence-electron chi connectivity index (χ4n) is 0.944. The van der Waals surface area contributed by atoms with Crippen LogP contribution >= 0.6 is 0 Å². The summed E-state index contributed by atoms with van der Waals surface area (Å²) in [4.78, 5) is 9.82. The van der Waals surface area contributed by atoms with Crippen molar-refractivity contribution in [2.45, 2.75) is 13.8 Å². The van der Waals surface area contributed by atoms with Gasteiger partial charge in [0, 0.05) is 18.7 Å². The molecule has 0 fully saturated rings. The normalized spacial score (nSPS) is 9.89. The van der Waals surface area contributed by atoms with Gasteiger partial charge in [0.1, 0.15) is 5.75 Å². The van der Waals surface area contributed by atoms with E-state index in [9.17, 15) is 13.2 Å². The molecule has 0 spiro atoms. The highest BCUT2D eigenvalue weighted by Crippen LogP contribution is 2.15. The van der Waals surface area contributed by atoms with E-state index in [2.05, 4.69) is 8.92 Å². The Kier molecular flexibility index (Phi) is 7.43. The number of esters is 1. The number of carbonyl (C=O) groups is 1. The quantitative estimate of drug-likeness (QED) is 0.481. The van der Waals surface area contributed by atoms with Crippen LogP contribution in [0, 0.1) is 0 Å². The third kappa shape index (κ3) is 9.96. The van der Waals surface area contributed by atoms with Crippen molar-refractivity contribution in [1.82, 2.24) is 0 Å². The third-order valence-electron chi connectivity index (χ3n) is 1.45. The van der Waals surface area contributed by atoms with Crippen LogP contribution in [0.5, 0.6) is 5.75 Å². The summed E-state index contributed by atoms with van der Waals surface area (Å²) in [5.74, 6) is 0.0579. The molecule has 1 rings (SSSR count). The molecular formula is C10H16AlNO5S. The predicted molar refractivity (Wildman–Crippen MR) is 71.3 cm³/mol. The molecule has 8 heteroatoms. The van der Waals surface area contributed by atoms with E-state index in [1.807, 2.05) is 0 Å². The number of anilines is 1. The van der Waals surface area contributed by atoms with Crippen molar-refractivity contribution in [1.29, 1.82) is 0 Å². The van der Waals surface area contributed by atoms with E-state index in [4.69, 9.17) is 5.73 Å². The Labute approximate surface area is 114 Å². The van der Waals surface area contributed by atoms with Gasteiger partial charge in [-0.05, 0) is 19.1 Å². The summed E-state index contributed by atoms with van der Waals surface area (Å²) >= 11 is -0.0300. The van der Waals surface area contributed by atoms with Crippen LogP contribution < -0.4 is 9.92 Å². The zero-order chi connectivity index (χ0) is 14.2. The second-order valence-corrected chi connectivity index (χ2v) is 7.86. The molecule has 1 aromatic rings. The molecule has 0 amide bonds. The molecule has 0 unspecified atom stereocenters. The largest absolute Gasteiger partial charge is 0.473 e. The van der Waals surface area contributed by atoms with Gasteiger partial charge in [0.15, 0.2) is 8.48 Å². The molecule has 0 aliphatic heterocycles. The van der Waals surface area contributed by atoms with Gasteiger partial charge in [0.05, 0.1) is 6.61 Å². The Morgan fingerprint density at radius 1 is 1.44 bits per heavy atom. The summed E-state index contributed by atoms with van der Waals surface area (Å²) in [6.45, 7) is 3.65. The van der Waals surface area contributed by atoms with E-state index in [1.54, 1.807) is 25.1 Å². The van der Waals surface area contributed by atoms with E-state index in [1.165, 1.54) is 13.0 Å². The Balaban J connectivity index is 0.000000411. The van der Waals surface area contributed by atoms with Gasteiger partial charge in [-0.1, -0.05) is 6.07 Å². The average Bonchev–Trinajstić information content (AvgIpc) is 2.15. The Hall–Kier alpha value is -1.23. The average molecular weight is 289 g/mol. The molecule has 0 aliphatic rings. The lowest BCUT2D eigenvalue weighted by atomic mass is 10.3. The topological polar surface area (TPSA) is 95.7 Å². The summed E-state index contributed by atoms with van der Waals surface area (Å²) in [7, 11) is -3.31. The molecule has 0 saturated heterocycles. The minimum atomic E-state index is -3.31. The lowest BCUT2D eigenvalue weighted by Crippen LogP contribution is -2.07. The van der Waals surface area contributed by atoms with Crippen molar-refractivity contribution in [2.24, 2.45) is 0 Å². The second kappa shape index (κ2) is 7.98. The predicted octanol–water partition coefficient (Wildman–Crippen LogP) is 0.0949. The van der Waals surface area contributed by atoms with Crippen LogP contribution in [0.3, 0.4) is 0 Å². The molecule has 18 heavy (non-hydrogen) atoms. The van der Waals surface area contributed by atoms with E-state index >= 15 is 0 Å². The van der Waals surface area contributed by atoms with Crippen molar-refractivity contribution in [3.63, 3.8) is 0 Å². The molecular weight excluding hydrogens is 273 g/mol. The van der Waals surface area contributed by atoms with Gasteiger partial charge < -0.3 is 14.7 Å². The first-order valence-corrected chi connectivity index (χ1v) is 9.39. The molecule has 0 saturated carbocycles. The molecule has 0 radical (unpaired) electrons. The molecule has 0 aliphatic carbocycles. The van der Waals surface area contributed by atoms with Gasteiger partial charge in [-0.15, -0.1) is 0 Å². The van der Waals surface area contributed by atoms with Gasteiger partial charge in [-0.25, -0.2) is 8.42 Å². The maximum atomic E-state index is 10.7. The maximum Gasteiger partial charge on any atom is 0.473 e. The number of rotatable bonds is 3. The van der Waals surface area contributed by atoms with Crippen LogP contribution in [-0.2, 0) is 18.0 Å². The number of ether oxygens (including phenoxy) is 1. The lowest BCUT2D eigenvalue weighted by Gasteiger charge is -2.03. The molecule has 1 aromatic carbocycles. The molecule has 0 bridgehead atoms. The number of hydrogen-bond acceptors (Lipinski definition) is 6. The number of benzene rings is 1. The van der Waals surface area contributed by atoms with Crippen LogP contribution in [0.15, 0.2) is 24.3 Å². The van der Waals surface area contributed by atoms with Crippen molar-refractivity contribution in [3.8, 4) is 5.75 Å². The standard InChI is InChI=1S/C6H6NO3S.C4H8O2.Al.2H/c7-5-2-1-3-6(4-5)10-11(8)9;1-3-6-4(2)5;;;/h1-4H,7H2;3H2,1-2H3;;;. The zero-order valence-electron chi connectivity index (χ0n) is 10.5. The van der Waals surface area contributed by atoms with E-state index in [0.717, 1.165) is 0 Å². The third-order valence-corrected chi connectivity index (χ3v) is 2.45. The summed E-state index contributed by atoms with van der Waals surface area (Å²) < 4.78 is 30.5. The van der Waals surface area contributed by atoms with Crippen LogP contribution in [-0.4, -0.2) is 36.2 Å². The zero-order valence-corrected chi connectivity index (χ0v) is 13.4. The Morgan fingerprint density at radius 3 is 2.39 bits per heavy atom. The van der Waals surface area contributed by atoms with E-state index < -0.39 is 8.48 Å². The van der Waals surface area contributed by atoms with Crippen molar-refractivity contribution < 1.29 is 22.1 Å². The smallest absolute Gasteiger partial charge is 0.466 e. The molecule has 0 aromatic heterocycles. The summed E-state index contributed by atoms with van der Waals surface area (Å²) in [5.41, 5.74) is 5.90. The first-order valence-electron chi connectivity index (χ1n) is 5.13. The lowest BCUT2D eigenvalue weighted by molar-refractivity contribution is -0.140. The van der Waals surface area contributed by atoms with Gasteiger partial charge in [0.25, 0.3) is 0 Å². The van der Waals surface area contributed by atoms with Crippen LogP contribution in [0.25, 0.3) is 0 Å². The van der Waals surface area contributed by atoms with Gasteiger partial charge in [-0.3, -0.25) is 4.79 Å². The molecule has 2 N–H and O–H groups in total. The number of nitrogens with two attached hydrogens (primary N) is 1. The van der Waals surface area contributed by atoms with E-state index in [0.29, 0.717) is 12.3 Å². The fraction of sp³-hybridized carbons (Fsp3) is 0.300. The highest BCUT2D eigenvalue weighted by atomic mass is 32.4. The Bertz CT molecular complexity index is 489. The summed E-state index contributed by atoms with van der Waals surface area (Å²) in [6, 6.07) is 6.31. The van der Waals surface area contributed by atoms with Gasteiger partial charge >= 0.3 is 21.1 Å². The van der Waals surface area contributed by atoms with Crippen molar-refractivity contribution >= 4 is 35.3 Å². The van der Waals surface area contributed by atoms with Crippen LogP contribution in [0.2, 0.25) is 0 Å². The molecule has 6 nitrogen and oxygen atoms in total. The first-order chi connectivity index (χ1) is 8.24.